The summed E-state index contributed by atoms with van der Waals surface area (Å²) in [5, 5.41) is 12.8. The molecule has 0 saturated heterocycles. The number of benzene rings is 1. The molecule has 0 bridgehead atoms. The topological polar surface area (TPSA) is 62.2 Å². The lowest BCUT2D eigenvalue weighted by Gasteiger charge is -2.18. The fourth-order valence-electron chi connectivity index (χ4n) is 2.12. The van der Waals surface area contributed by atoms with Gasteiger partial charge in [-0.25, -0.2) is 4.79 Å². The van der Waals surface area contributed by atoms with Crippen LogP contribution in [0.3, 0.4) is 0 Å². The SMILES string of the molecule is CCSc1cccc(NC(C)c2ccncc2)c1C(=O)O. The number of carbonyl (C=O) groups is 1. The van der Waals surface area contributed by atoms with E-state index in [1.807, 2.05) is 38.1 Å². The molecule has 4 nitrogen and oxygen atoms in total. The minimum absolute atomic E-state index is 0.00739. The molecule has 0 aliphatic heterocycles. The first-order chi connectivity index (χ1) is 10.1. The van der Waals surface area contributed by atoms with E-state index >= 15 is 0 Å². The van der Waals surface area contributed by atoms with Crippen LogP contribution in [0, 0.1) is 0 Å². The smallest absolute Gasteiger partial charge is 0.338 e. The van der Waals surface area contributed by atoms with Crippen LogP contribution in [-0.4, -0.2) is 21.8 Å². The highest BCUT2D eigenvalue weighted by atomic mass is 32.2. The lowest BCUT2D eigenvalue weighted by molar-refractivity contribution is 0.0694. The second-order valence-electron chi connectivity index (χ2n) is 4.56. The summed E-state index contributed by atoms with van der Waals surface area (Å²) in [5.74, 6) is -0.0696. The van der Waals surface area contributed by atoms with E-state index in [0.29, 0.717) is 11.3 Å². The third-order valence-electron chi connectivity index (χ3n) is 3.12. The van der Waals surface area contributed by atoms with Crippen LogP contribution in [0.25, 0.3) is 0 Å². The Morgan fingerprint density at radius 3 is 2.67 bits per heavy atom. The zero-order valence-electron chi connectivity index (χ0n) is 12.0. The molecule has 0 aliphatic rings. The number of nitrogens with zero attached hydrogens (tertiary/aromatic N) is 1. The molecule has 2 rings (SSSR count). The molecule has 1 aromatic carbocycles. The first kappa shape index (κ1) is 15.4. The molecule has 5 heteroatoms. The normalized spacial score (nSPS) is 11.9. The van der Waals surface area contributed by atoms with Gasteiger partial charge in [0, 0.05) is 23.3 Å². The van der Waals surface area contributed by atoms with Crippen molar-refractivity contribution >= 4 is 23.4 Å². The van der Waals surface area contributed by atoms with Crippen molar-refractivity contribution in [3.63, 3.8) is 0 Å². The van der Waals surface area contributed by atoms with Crippen LogP contribution in [0.15, 0.2) is 47.6 Å². The average molecular weight is 302 g/mol. The second kappa shape index (κ2) is 7.13. The standard InChI is InChI=1S/C16H18N2O2S/c1-3-21-14-6-4-5-13(15(14)16(19)20)18-11(2)12-7-9-17-10-8-12/h4-11,18H,3H2,1-2H3,(H,19,20). The van der Waals surface area contributed by atoms with Gasteiger partial charge in [0.15, 0.2) is 0 Å². The second-order valence-corrected chi connectivity index (χ2v) is 5.87. The summed E-state index contributed by atoms with van der Waals surface area (Å²) in [6.45, 7) is 4.01. The molecule has 110 valence electrons. The van der Waals surface area contributed by atoms with Crippen molar-refractivity contribution in [2.45, 2.75) is 24.8 Å². The maximum Gasteiger partial charge on any atom is 0.338 e. The molecule has 21 heavy (non-hydrogen) atoms. The van der Waals surface area contributed by atoms with Crippen molar-refractivity contribution in [2.75, 3.05) is 11.1 Å². The number of rotatable bonds is 6. The van der Waals surface area contributed by atoms with Crippen LogP contribution in [0.2, 0.25) is 0 Å². The van der Waals surface area contributed by atoms with Crippen molar-refractivity contribution in [3.8, 4) is 0 Å². The summed E-state index contributed by atoms with van der Waals surface area (Å²) in [6, 6.07) is 9.38. The van der Waals surface area contributed by atoms with E-state index < -0.39 is 5.97 Å². The molecule has 0 fully saturated rings. The lowest BCUT2D eigenvalue weighted by atomic mass is 10.1. The number of carboxylic acids is 1. The van der Waals surface area contributed by atoms with E-state index in [1.54, 1.807) is 18.5 Å². The summed E-state index contributed by atoms with van der Waals surface area (Å²) in [4.78, 5) is 16.4. The van der Waals surface area contributed by atoms with Crippen LogP contribution in [-0.2, 0) is 0 Å². The fraction of sp³-hybridized carbons (Fsp3) is 0.250. The summed E-state index contributed by atoms with van der Waals surface area (Å²) in [6.07, 6.45) is 3.46. The van der Waals surface area contributed by atoms with Crippen molar-refractivity contribution in [2.24, 2.45) is 0 Å². The zero-order chi connectivity index (χ0) is 15.2. The minimum atomic E-state index is -0.907. The Kier molecular flexibility index (Phi) is 5.22. The molecule has 1 heterocycles. The highest BCUT2D eigenvalue weighted by Gasteiger charge is 2.17. The van der Waals surface area contributed by atoms with Gasteiger partial charge in [-0.3, -0.25) is 4.98 Å². The quantitative estimate of drug-likeness (QED) is 0.788. The first-order valence-electron chi connectivity index (χ1n) is 6.79. The van der Waals surface area contributed by atoms with Gasteiger partial charge in [-0.2, -0.15) is 0 Å². The molecule has 2 N–H and O–H groups in total. The molecule has 0 spiro atoms. The Morgan fingerprint density at radius 2 is 2.05 bits per heavy atom. The maximum absolute atomic E-state index is 11.6. The number of carboxylic acid groups (broad SMARTS) is 1. The fourth-order valence-corrected chi connectivity index (χ4v) is 2.94. The largest absolute Gasteiger partial charge is 0.478 e. The minimum Gasteiger partial charge on any atom is -0.478 e. The predicted molar refractivity (Wildman–Crippen MR) is 86.1 cm³/mol. The molecule has 0 aliphatic carbocycles. The van der Waals surface area contributed by atoms with Crippen LogP contribution in [0.5, 0.6) is 0 Å². The zero-order valence-corrected chi connectivity index (χ0v) is 12.9. The molecule has 0 amide bonds. The van der Waals surface area contributed by atoms with Gasteiger partial charge in [-0.15, -0.1) is 11.8 Å². The number of aromatic carboxylic acids is 1. The van der Waals surface area contributed by atoms with Gasteiger partial charge in [0.1, 0.15) is 0 Å². The number of hydrogen-bond donors (Lipinski definition) is 2. The van der Waals surface area contributed by atoms with E-state index in [4.69, 9.17) is 0 Å². The maximum atomic E-state index is 11.6. The Bertz CT molecular complexity index is 617. The highest BCUT2D eigenvalue weighted by molar-refractivity contribution is 7.99. The number of hydrogen-bond acceptors (Lipinski definition) is 4. The molecule has 0 radical (unpaired) electrons. The molecular formula is C16H18N2O2S. The van der Waals surface area contributed by atoms with Gasteiger partial charge in [-0.1, -0.05) is 13.0 Å². The van der Waals surface area contributed by atoms with E-state index in [1.165, 1.54) is 11.8 Å². The van der Waals surface area contributed by atoms with E-state index in [-0.39, 0.29) is 6.04 Å². The molecule has 0 saturated carbocycles. The number of pyridine rings is 1. The molecule has 1 unspecified atom stereocenters. The molecule has 2 aromatic rings. The average Bonchev–Trinajstić information content (AvgIpc) is 2.48. The third kappa shape index (κ3) is 3.76. The summed E-state index contributed by atoms with van der Waals surface area (Å²) < 4.78 is 0. The van der Waals surface area contributed by atoms with Crippen molar-refractivity contribution in [3.05, 3.63) is 53.9 Å². The van der Waals surface area contributed by atoms with Crippen LogP contribution >= 0.6 is 11.8 Å². The van der Waals surface area contributed by atoms with E-state index in [9.17, 15) is 9.90 Å². The Labute approximate surface area is 128 Å². The monoisotopic (exact) mass is 302 g/mol. The van der Waals surface area contributed by atoms with Gasteiger partial charge in [0.05, 0.1) is 11.3 Å². The van der Waals surface area contributed by atoms with E-state index in [0.717, 1.165) is 16.2 Å². The highest BCUT2D eigenvalue weighted by Crippen LogP contribution is 2.30. The Morgan fingerprint density at radius 1 is 1.33 bits per heavy atom. The molecule has 1 atom stereocenters. The first-order valence-corrected chi connectivity index (χ1v) is 7.77. The number of anilines is 1. The number of nitrogens with one attached hydrogen (secondary N) is 1. The van der Waals surface area contributed by atoms with Crippen molar-refractivity contribution in [1.82, 2.24) is 4.98 Å². The van der Waals surface area contributed by atoms with Gasteiger partial charge in [0.25, 0.3) is 0 Å². The van der Waals surface area contributed by atoms with Crippen LogP contribution in [0.4, 0.5) is 5.69 Å². The number of thioether (sulfide) groups is 1. The molecular weight excluding hydrogens is 284 g/mol. The number of aromatic nitrogens is 1. The van der Waals surface area contributed by atoms with Crippen LogP contribution < -0.4 is 5.32 Å². The third-order valence-corrected chi connectivity index (χ3v) is 4.06. The Hall–Kier alpha value is -2.01. The summed E-state index contributed by atoms with van der Waals surface area (Å²) in [7, 11) is 0. The van der Waals surface area contributed by atoms with Gasteiger partial charge in [-0.05, 0) is 42.5 Å². The van der Waals surface area contributed by atoms with Crippen LogP contribution in [0.1, 0.15) is 35.8 Å². The van der Waals surface area contributed by atoms with Crippen molar-refractivity contribution in [1.29, 1.82) is 0 Å². The van der Waals surface area contributed by atoms with Gasteiger partial charge in [0.2, 0.25) is 0 Å². The van der Waals surface area contributed by atoms with E-state index in [2.05, 4.69) is 10.3 Å². The van der Waals surface area contributed by atoms with Gasteiger partial charge >= 0.3 is 5.97 Å². The van der Waals surface area contributed by atoms with Crippen molar-refractivity contribution < 1.29 is 9.90 Å². The summed E-state index contributed by atoms with van der Waals surface area (Å²) in [5.41, 5.74) is 2.05. The predicted octanol–water partition coefficient (Wildman–Crippen LogP) is 4.06. The van der Waals surface area contributed by atoms with Gasteiger partial charge < -0.3 is 10.4 Å². The Balaban J connectivity index is 2.31. The summed E-state index contributed by atoms with van der Waals surface area (Å²) >= 11 is 1.54. The lowest BCUT2D eigenvalue weighted by Crippen LogP contribution is -2.11. The molecule has 1 aromatic heterocycles.